The van der Waals surface area contributed by atoms with Crippen LogP contribution in [0.3, 0.4) is 0 Å². The van der Waals surface area contributed by atoms with Crippen LogP contribution in [0.15, 0.2) is 36.5 Å². The van der Waals surface area contributed by atoms with Gasteiger partial charge in [-0.3, -0.25) is 0 Å². The Labute approximate surface area is 179 Å². The summed E-state index contributed by atoms with van der Waals surface area (Å²) in [6, 6.07) is 0. The Kier molecular flexibility index (Phi) is 14.9. The standard InChI is InChI=1S/C20H26O11/c21-17-3-5-19(23)30-15-13-26-11-9-25-10-12-27-14-16-31-20(24)6-4-18(22)29-8-2-1-7-28-17/h1-6H,7-16H2/b2-1-,5-3-,6-4-. The molecule has 1 heterocycles. The number of hydrogen-bond donors (Lipinski definition) is 0. The van der Waals surface area contributed by atoms with Crippen molar-refractivity contribution in [3.05, 3.63) is 36.5 Å². The fourth-order valence-corrected chi connectivity index (χ4v) is 1.81. The average molecular weight is 442 g/mol. The van der Waals surface area contributed by atoms with E-state index in [2.05, 4.69) is 0 Å². The Morgan fingerprint density at radius 2 is 0.710 bits per heavy atom. The molecule has 0 aromatic carbocycles. The van der Waals surface area contributed by atoms with Crippen molar-refractivity contribution >= 4 is 23.9 Å². The molecular weight excluding hydrogens is 416 g/mol. The van der Waals surface area contributed by atoms with Gasteiger partial charge in [0.05, 0.1) is 39.6 Å². The topological polar surface area (TPSA) is 133 Å². The van der Waals surface area contributed by atoms with Crippen molar-refractivity contribution in [2.24, 2.45) is 0 Å². The van der Waals surface area contributed by atoms with Crippen molar-refractivity contribution < 1.29 is 52.3 Å². The number of carbonyl (C=O) groups is 4. The largest absolute Gasteiger partial charge is 0.460 e. The van der Waals surface area contributed by atoms with Gasteiger partial charge in [0.15, 0.2) is 0 Å². The highest BCUT2D eigenvalue weighted by Crippen LogP contribution is 1.90. The molecule has 0 saturated carbocycles. The number of hydrogen-bond acceptors (Lipinski definition) is 11. The third kappa shape index (κ3) is 16.5. The van der Waals surface area contributed by atoms with E-state index in [1.807, 2.05) is 0 Å². The van der Waals surface area contributed by atoms with Crippen molar-refractivity contribution in [3.8, 4) is 0 Å². The molecule has 11 heteroatoms. The lowest BCUT2D eigenvalue weighted by atomic mass is 10.5. The Morgan fingerprint density at radius 1 is 0.419 bits per heavy atom. The Hall–Kier alpha value is -3.02. The molecule has 11 nitrogen and oxygen atoms in total. The Morgan fingerprint density at radius 3 is 1.06 bits per heavy atom. The molecule has 1 aliphatic heterocycles. The summed E-state index contributed by atoms with van der Waals surface area (Å²) in [5.41, 5.74) is 0. The molecule has 0 aromatic rings. The zero-order valence-corrected chi connectivity index (χ0v) is 17.0. The van der Waals surface area contributed by atoms with Crippen LogP contribution in [0.5, 0.6) is 0 Å². The minimum Gasteiger partial charge on any atom is -0.460 e. The van der Waals surface area contributed by atoms with E-state index in [4.69, 9.17) is 33.2 Å². The van der Waals surface area contributed by atoms with E-state index in [-0.39, 0.29) is 39.6 Å². The quantitative estimate of drug-likeness (QED) is 0.283. The molecule has 1 rings (SSSR count). The first-order chi connectivity index (χ1) is 15.1. The second-order valence-corrected chi connectivity index (χ2v) is 5.57. The lowest BCUT2D eigenvalue weighted by Gasteiger charge is -2.07. The third-order valence-electron chi connectivity index (χ3n) is 3.21. The number of rotatable bonds is 0. The maximum absolute atomic E-state index is 11.5. The van der Waals surface area contributed by atoms with Crippen molar-refractivity contribution in [2.75, 3.05) is 66.1 Å². The fraction of sp³-hybridized carbons (Fsp3) is 0.500. The van der Waals surface area contributed by atoms with Crippen molar-refractivity contribution in [3.63, 3.8) is 0 Å². The Balaban J connectivity index is 2.42. The van der Waals surface area contributed by atoms with Crippen molar-refractivity contribution in [2.45, 2.75) is 0 Å². The normalized spacial score (nSPS) is 23.2. The molecular formula is C20H26O11. The lowest BCUT2D eigenvalue weighted by molar-refractivity contribution is -0.141. The maximum atomic E-state index is 11.5. The second-order valence-electron chi connectivity index (χ2n) is 5.57. The summed E-state index contributed by atoms with van der Waals surface area (Å²) in [5, 5.41) is 0. The monoisotopic (exact) mass is 442 g/mol. The van der Waals surface area contributed by atoms with Gasteiger partial charge in [-0.05, 0) is 12.2 Å². The van der Waals surface area contributed by atoms with E-state index in [1.54, 1.807) is 0 Å². The van der Waals surface area contributed by atoms with Crippen LogP contribution >= 0.6 is 0 Å². The summed E-state index contributed by atoms with van der Waals surface area (Å²) < 4.78 is 35.1. The zero-order valence-electron chi connectivity index (χ0n) is 17.0. The van der Waals surface area contributed by atoms with Crippen LogP contribution in [0.2, 0.25) is 0 Å². The second kappa shape index (κ2) is 17.8. The first-order valence-electron chi connectivity index (χ1n) is 9.49. The molecule has 0 aliphatic carbocycles. The number of esters is 4. The van der Waals surface area contributed by atoms with Gasteiger partial charge in [0.25, 0.3) is 0 Å². The predicted octanol–water partition coefficient (Wildman–Crippen LogP) is -0.109. The van der Waals surface area contributed by atoms with Crippen LogP contribution in [0.4, 0.5) is 0 Å². The highest BCUT2D eigenvalue weighted by Gasteiger charge is 2.02. The van der Waals surface area contributed by atoms with Crippen LogP contribution < -0.4 is 0 Å². The molecule has 31 heavy (non-hydrogen) atoms. The van der Waals surface area contributed by atoms with Crippen LogP contribution in [0, 0.1) is 0 Å². The highest BCUT2D eigenvalue weighted by atomic mass is 16.6. The van der Waals surface area contributed by atoms with E-state index >= 15 is 0 Å². The van der Waals surface area contributed by atoms with Gasteiger partial charge in [0, 0.05) is 24.3 Å². The minimum absolute atomic E-state index is 0.0242. The number of carbonyl (C=O) groups excluding carboxylic acids is 4. The summed E-state index contributed by atoms with van der Waals surface area (Å²) in [4.78, 5) is 45.8. The molecule has 0 bridgehead atoms. The van der Waals surface area contributed by atoms with Crippen LogP contribution in [0.1, 0.15) is 0 Å². The van der Waals surface area contributed by atoms with Gasteiger partial charge < -0.3 is 33.2 Å². The fourth-order valence-electron chi connectivity index (χ4n) is 1.81. The highest BCUT2D eigenvalue weighted by molar-refractivity contribution is 5.92. The third-order valence-corrected chi connectivity index (χ3v) is 3.21. The first kappa shape index (κ1) is 26.0. The first-order valence-corrected chi connectivity index (χ1v) is 9.49. The van der Waals surface area contributed by atoms with Crippen LogP contribution in [-0.2, 0) is 52.3 Å². The number of cyclic esters (lactones) is 4. The van der Waals surface area contributed by atoms with E-state index in [0.29, 0.717) is 26.4 Å². The van der Waals surface area contributed by atoms with E-state index in [1.165, 1.54) is 12.2 Å². The number of ether oxygens (including phenoxy) is 7. The molecule has 1 aliphatic rings. The van der Waals surface area contributed by atoms with Gasteiger partial charge in [-0.1, -0.05) is 0 Å². The van der Waals surface area contributed by atoms with E-state index < -0.39 is 23.9 Å². The van der Waals surface area contributed by atoms with Gasteiger partial charge in [-0.15, -0.1) is 0 Å². The van der Waals surface area contributed by atoms with Crippen molar-refractivity contribution in [1.82, 2.24) is 0 Å². The molecule has 172 valence electrons. The minimum atomic E-state index is -0.741. The SMILES string of the molecule is O=C1/C=C\C(=O)OCCOCCOCCOCCOC(=O)/C=C\C(=O)OC/C=C\CO1. The van der Waals surface area contributed by atoms with Gasteiger partial charge >= 0.3 is 23.9 Å². The van der Waals surface area contributed by atoms with Crippen LogP contribution in [0.25, 0.3) is 0 Å². The zero-order chi connectivity index (χ0) is 22.6. The summed E-state index contributed by atoms with van der Waals surface area (Å²) in [6.45, 7) is 1.50. The maximum Gasteiger partial charge on any atom is 0.331 e. The molecule has 0 fully saturated rings. The van der Waals surface area contributed by atoms with Gasteiger partial charge in [0.1, 0.15) is 26.4 Å². The predicted molar refractivity (Wildman–Crippen MR) is 104 cm³/mol. The summed E-state index contributed by atoms with van der Waals surface area (Å²) in [5.74, 6) is -2.89. The Bertz CT molecular complexity index is 598. The molecule has 0 spiro atoms. The smallest absolute Gasteiger partial charge is 0.331 e. The molecule has 0 saturated heterocycles. The summed E-state index contributed by atoms with van der Waals surface area (Å²) in [6.07, 6.45) is 6.65. The van der Waals surface area contributed by atoms with E-state index in [0.717, 1.165) is 24.3 Å². The molecule has 0 radical (unpaired) electrons. The molecule has 0 unspecified atom stereocenters. The van der Waals surface area contributed by atoms with Crippen molar-refractivity contribution in [1.29, 1.82) is 0 Å². The van der Waals surface area contributed by atoms with Gasteiger partial charge in [-0.25, -0.2) is 19.2 Å². The molecule has 0 amide bonds. The molecule has 0 aromatic heterocycles. The van der Waals surface area contributed by atoms with Gasteiger partial charge in [0.2, 0.25) is 0 Å². The van der Waals surface area contributed by atoms with E-state index in [9.17, 15) is 19.2 Å². The van der Waals surface area contributed by atoms with Gasteiger partial charge in [-0.2, -0.15) is 0 Å². The summed E-state index contributed by atoms with van der Waals surface area (Å²) in [7, 11) is 0. The average Bonchev–Trinajstić information content (AvgIpc) is 2.75. The molecule has 0 N–H and O–H groups in total. The van der Waals surface area contributed by atoms with Crippen LogP contribution in [-0.4, -0.2) is 89.9 Å². The lowest BCUT2D eigenvalue weighted by Crippen LogP contribution is -2.14. The summed E-state index contributed by atoms with van der Waals surface area (Å²) >= 11 is 0. The molecule has 0 atom stereocenters.